The number of rotatable bonds is 13. The summed E-state index contributed by atoms with van der Waals surface area (Å²) in [6.45, 7) is 17.1. The molecule has 1 fully saturated rings. The van der Waals surface area contributed by atoms with Gasteiger partial charge >= 0.3 is 0 Å². The average Bonchev–Trinajstić information content (AvgIpc) is 3.41. The minimum Gasteiger partial charge on any atom is -0.480 e. The summed E-state index contributed by atoms with van der Waals surface area (Å²) in [5, 5.41) is 6.00. The molecule has 0 bridgehead atoms. The number of anilines is 2. The SMILES string of the molecule is CCC(Oc1ccc(C(C)(C)CC)cc1C(C)(C)CC)C(=O)Nc1ccc(Cl)c(NC(=O)CC(=O)C2(C)CCCC2)c1. The molecule has 2 N–H and O–H groups in total. The van der Waals surface area contributed by atoms with Crippen molar-refractivity contribution < 1.29 is 19.1 Å². The summed E-state index contributed by atoms with van der Waals surface area (Å²) in [6, 6.07) is 11.2. The van der Waals surface area contributed by atoms with Crippen LogP contribution in [-0.4, -0.2) is 23.7 Å². The minimum atomic E-state index is -0.722. The largest absolute Gasteiger partial charge is 0.480 e. The Hall–Kier alpha value is -2.86. The first-order valence-corrected chi connectivity index (χ1v) is 15.8. The third kappa shape index (κ3) is 7.94. The predicted octanol–water partition coefficient (Wildman–Crippen LogP) is 8.99. The van der Waals surface area contributed by atoms with Crippen LogP contribution in [0.4, 0.5) is 11.4 Å². The number of carbonyl (C=O) groups excluding carboxylic acids is 3. The van der Waals surface area contributed by atoms with E-state index < -0.39 is 17.4 Å². The van der Waals surface area contributed by atoms with Crippen LogP contribution in [0.5, 0.6) is 5.75 Å². The van der Waals surface area contributed by atoms with E-state index in [1.165, 1.54) is 5.56 Å². The summed E-state index contributed by atoms with van der Waals surface area (Å²) in [4.78, 5) is 38.9. The second-order valence-electron chi connectivity index (χ2n) is 13.3. The molecule has 0 aliphatic heterocycles. The molecule has 2 amide bonds. The van der Waals surface area contributed by atoms with Gasteiger partial charge in [0.1, 0.15) is 11.5 Å². The Morgan fingerprint density at radius 3 is 2.17 bits per heavy atom. The molecule has 1 atom stereocenters. The fraction of sp³-hybridized carbons (Fsp3) is 0.571. The van der Waals surface area contributed by atoms with Crippen LogP contribution in [0.3, 0.4) is 0 Å². The van der Waals surface area contributed by atoms with E-state index in [0.717, 1.165) is 44.1 Å². The van der Waals surface area contributed by atoms with E-state index in [2.05, 4.69) is 64.3 Å². The van der Waals surface area contributed by atoms with E-state index in [1.807, 2.05) is 19.9 Å². The van der Waals surface area contributed by atoms with Gasteiger partial charge in [-0.3, -0.25) is 14.4 Å². The third-order valence-corrected chi connectivity index (χ3v) is 9.73. The first-order valence-electron chi connectivity index (χ1n) is 15.4. The van der Waals surface area contributed by atoms with E-state index in [4.69, 9.17) is 16.3 Å². The third-order valence-electron chi connectivity index (χ3n) is 9.40. The summed E-state index contributed by atoms with van der Waals surface area (Å²) in [6.07, 6.45) is 5.16. The molecular formula is C35H49ClN2O4. The fourth-order valence-electron chi connectivity index (χ4n) is 5.36. The van der Waals surface area contributed by atoms with Crippen molar-refractivity contribution in [2.45, 2.75) is 124 Å². The summed E-state index contributed by atoms with van der Waals surface area (Å²) in [7, 11) is 0. The number of benzene rings is 2. The number of amides is 2. The summed E-state index contributed by atoms with van der Waals surface area (Å²) < 4.78 is 6.39. The van der Waals surface area contributed by atoms with Gasteiger partial charge in [-0.2, -0.15) is 0 Å². The molecule has 2 aromatic rings. The van der Waals surface area contributed by atoms with Crippen molar-refractivity contribution in [1.82, 2.24) is 0 Å². The highest BCUT2D eigenvalue weighted by Gasteiger charge is 2.36. The number of Topliss-reactive ketones (excluding diaryl/α,β-unsaturated/α-hetero) is 1. The number of ether oxygens (including phenoxy) is 1. The molecule has 0 spiro atoms. The lowest BCUT2D eigenvalue weighted by molar-refractivity contribution is -0.131. The zero-order chi connectivity index (χ0) is 31.3. The van der Waals surface area contributed by atoms with Gasteiger partial charge in [-0.15, -0.1) is 0 Å². The highest BCUT2D eigenvalue weighted by atomic mass is 35.5. The quantitative estimate of drug-likeness (QED) is 0.226. The Labute approximate surface area is 257 Å². The van der Waals surface area contributed by atoms with E-state index >= 15 is 0 Å². The molecule has 0 heterocycles. The van der Waals surface area contributed by atoms with Gasteiger partial charge in [-0.1, -0.05) is 92.0 Å². The Kier molecular flexibility index (Phi) is 10.9. The minimum absolute atomic E-state index is 0.0299. The van der Waals surface area contributed by atoms with Gasteiger partial charge in [0.2, 0.25) is 5.91 Å². The van der Waals surface area contributed by atoms with Crippen molar-refractivity contribution in [3.05, 3.63) is 52.5 Å². The smallest absolute Gasteiger partial charge is 0.265 e. The van der Waals surface area contributed by atoms with Crippen molar-refractivity contribution in [2.24, 2.45) is 5.41 Å². The second kappa shape index (κ2) is 13.6. The van der Waals surface area contributed by atoms with Gasteiger partial charge in [0.15, 0.2) is 6.10 Å². The van der Waals surface area contributed by atoms with Crippen molar-refractivity contribution in [3.63, 3.8) is 0 Å². The van der Waals surface area contributed by atoms with Gasteiger partial charge in [0.05, 0.1) is 17.1 Å². The maximum absolute atomic E-state index is 13.4. The zero-order valence-corrected chi connectivity index (χ0v) is 27.5. The number of hydrogen-bond donors (Lipinski definition) is 2. The lowest BCUT2D eigenvalue weighted by Gasteiger charge is -2.31. The predicted molar refractivity (Wildman–Crippen MR) is 173 cm³/mol. The van der Waals surface area contributed by atoms with Gasteiger partial charge in [0, 0.05) is 16.7 Å². The van der Waals surface area contributed by atoms with Crippen molar-refractivity contribution in [1.29, 1.82) is 0 Å². The monoisotopic (exact) mass is 596 g/mol. The van der Waals surface area contributed by atoms with Crippen LogP contribution in [0.15, 0.2) is 36.4 Å². The zero-order valence-electron chi connectivity index (χ0n) is 26.7. The molecule has 0 saturated heterocycles. The Morgan fingerprint density at radius 1 is 0.929 bits per heavy atom. The average molecular weight is 597 g/mol. The summed E-state index contributed by atoms with van der Waals surface area (Å²) in [5.74, 6) is -0.0317. The van der Waals surface area contributed by atoms with E-state index in [0.29, 0.717) is 28.6 Å². The Bertz CT molecular complexity index is 1290. The maximum Gasteiger partial charge on any atom is 0.265 e. The molecule has 42 heavy (non-hydrogen) atoms. The Balaban J connectivity index is 1.75. The highest BCUT2D eigenvalue weighted by Crippen LogP contribution is 2.40. The van der Waals surface area contributed by atoms with Gasteiger partial charge < -0.3 is 15.4 Å². The number of hydrogen-bond acceptors (Lipinski definition) is 4. The van der Waals surface area contributed by atoms with Crippen molar-refractivity contribution in [2.75, 3.05) is 10.6 Å². The van der Waals surface area contributed by atoms with Crippen LogP contribution in [0.1, 0.15) is 118 Å². The first-order chi connectivity index (χ1) is 19.7. The molecule has 2 aromatic carbocycles. The highest BCUT2D eigenvalue weighted by molar-refractivity contribution is 6.34. The molecule has 3 rings (SSSR count). The number of nitrogens with one attached hydrogen (secondary N) is 2. The van der Waals surface area contributed by atoms with Gasteiger partial charge in [0.25, 0.3) is 5.91 Å². The molecule has 1 saturated carbocycles. The van der Waals surface area contributed by atoms with Crippen molar-refractivity contribution in [3.8, 4) is 5.75 Å². The fourth-order valence-corrected chi connectivity index (χ4v) is 5.53. The molecule has 230 valence electrons. The van der Waals surface area contributed by atoms with Crippen LogP contribution in [0.25, 0.3) is 0 Å². The van der Waals surface area contributed by atoms with Crippen LogP contribution < -0.4 is 15.4 Å². The van der Waals surface area contributed by atoms with Crippen LogP contribution >= 0.6 is 11.6 Å². The summed E-state index contributed by atoms with van der Waals surface area (Å²) >= 11 is 6.36. The maximum atomic E-state index is 13.4. The van der Waals surface area contributed by atoms with Crippen molar-refractivity contribution >= 4 is 40.6 Å². The number of carbonyl (C=O) groups is 3. The lowest BCUT2D eigenvalue weighted by atomic mass is 9.76. The topological polar surface area (TPSA) is 84.5 Å². The normalized spacial score (nSPS) is 15.6. The molecule has 1 unspecified atom stereocenters. The van der Waals surface area contributed by atoms with E-state index in [1.54, 1.807) is 18.2 Å². The number of halogens is 1. The molecule has 1 aliphatic rings. The van der Waals surface area contributed by atoms with Crippen LogP contribution in [0.2, 0.25) is 5.02 Å². The van der Waals surface area contributed by atoms with Crippen LogP contribution in [-0.2, 0) is 25.2 Å². The molecule has 7 heteroatoms. The van der Waals surface area contributed by atoms with Gasteiger partial charge in [-0.05, 0) is 72.8 Å². The van der Waals surface area contributed by atoms with Crippen LogP contribution in [0, 0.1) is 5.41 Å². The lowest BCUT2D eigenvalue weighted by Crippen LogP contribution is -2.33. The van der Waals surface area contributed by atoms with E-state index in [9.17, 15) is 14.4 Å². The first kappa shape index (κ1) is 33.6. The van der Waals surface area contributed by atoms with Gasteiger partial charge in [-0.25, -0.2) is 0 Å². The standard InChI is InChI=1S/C35H49ClN2O4/c1-9-28(42-29-17-14-23(33(4,5)10-2)20-25(29)34(6,7)11-3)32(41)37-24-15-16-26(36)27(21-24)38-31(40)22-30(39)35(8)18-12-13-19-35/h14-17,20-21,28H,9-13,18-19,22H2,1-8H3,(H,37,41)(H,38,40). The summed E-state index contributed by atoms with van der Waals surface area (Å²) in [5.41, 5.74) is 2.63. The Morgan fingerprint density at radius 2 is 1.57 bits per heavy atom. The second-order valence-corrected chi connectivity index (χ2v) is 13.7. The number of ketones is 1. The molecular weight excluding hydrogens is 548 g/mol. The van der Waals surface area contributed by atoms with E-state index in [-0.39, 0.29) is 28.9 Å². The molecule has 6 nitrogen and oxygen atoms in total. The molecule has 0 aromatic heterocycles. The molecule has 1 aliphatic carbocycles. The molecule has 0 radical (unpaired) electrons.